The Morgan fingerprint density at radius 2 is 2.11 bits per heavy atom. The molecular weight excluding hydrogens is 232 g/mol. The number of ether oxygens (including phenoxy) is 1. The van der Waals surface area contributed by atoms with Gasteiger partial charge in [-0.2, -0.15) is 0 Å². The molecule has 1 aromatic heterocycles. The molecule has 1 aliphatic rings. The predicted molar refractivity (Wildman–Crippen MR) is 65.8 cm³/mol. The first-order valence-electron chi connectivity index (χ1n) is 6.09. The number of nitrogens with zero attached hydrogens (tertiary/aromatic N) is 2. The van der Waals surface area contributed by atoms with Gasteiger partial charge in [-0.25, -0.2) is 9.78 Å². The number of carbonyl (C=O) groups excluding carboxylic acids is 2. The van der Waals surface area contributed by atoms with Crippen LogP contribution in [0.4, 0.5) is 4.79 Å². The molecule has 5 heteroatoms. The molecule has 0 aliphatic carbocycles. The lowest BCUT2D eigenvalue weighted by atomic mass is 10.1. The minimum atomic E-state index is -0.335. The van der Waals surface area contributed by atoms with E-state index in [1.165, 1.54) is 12.6 Å². The fraction of sp³-hybridized carbons (Fsp3) is 0.462. The van der Waals surface area contributed by atoms with E-state index in [0.29, 0.717) is 17.7 Å². The second kappa shape index (κ2) is 5.62. The number of aldehydes is 1. The molecule has 1 saturated heterocycles. The van der Waals surface area contributed by atoms with E-state index >= 15 is 0 Å². The summed E-state index contributed by atoms with van der Waals surface area (Å²) in [6.07, 6.45) is 4.97. The zero-order chi connectivity index (χ0) is 13.0. The third kappa shape index (κ3) is 2.85. The van der Waals surface area contributed by atoms with Crippen LogP contribution in [0.1, 0.15) is 35.3 Å². The number of amides is 1. The van der Waals surface area contributed by atoms with Gasteiger partial charge in [0.2, 0.25) is 0 Å². The molecule has 2 rings (SSSR count). The highest BCUT2D eigenvalue weighted by Gasteiger charge is 2.19. The zero-order valence-corrected chi connectivity index (χ0v) is 10.4. The number of aromatic nitrogens is 1. The second-order valence-electron chi connectivity index (χ2n) is 4.41. The SMILES string of the molecule is Cc1cc(C=O)ncc1OC(=O)N1CCCCC1. The Balaban J connectivity index is 2.04. The highest BCUT2D eigenvalue weighted by molar-refractivity contribution is 5.74. The summed E-state index contributed by atoms with van der Waals surface area (Å²) in [7, 11) is 0. The number of aryl methyl sites for hydroxylation is 1. The van der Waals surface area contributed by atoms with Crippen molar-refractivity contribution in [3.8, 4) is 5.75 Å². The van der Waals surface area contributed by atoms with Crippen LogP contribution >= 0.6 is 0 Å². The van der Waals surface area contributed by atoms with Crippen molar-refractivity contribution in [3.63, 3.8) is 0 Å². The Morgan fingerprint density at radius 3 is 2.72 bits per heavy atom. The standard InChI is InChI=1S/C13H16N2O3/c1-10-7-11(9-16)14-8-12(10)18-13(17)15-5-3-2-4-6-15/h7-9H,2-6H2,1H3. The van der Waals surface area contributed by atoms with Crippen molar-refractivity contribution in [2.75, 3.05) is 13.1 Å². The summed E-state index contributed by atoms with van der Waals surface area (Å²) >= 11 is 0. The molecule has 1 aromatic rings. The topological polar surface area (TPSA) is 59.5 Å². The van der Waals surface area contributed by atoms with Gasteiger partial charge in [-0.15, -0.1) is 0 Å². The zero-order valence-electron chi connectivity index (χ0n) is 10.4. The molecule has 0 aromatic carbocycles. The summed E-state index contributed by atoms with van der Waals surface area (Å²) in [6, 6.07) is 1.60. The van der Waals surface area contributed by atoms with Crippen molar-refractivity contribution in [2.45, 2.75) is 26.2 Å². The van der Waals surface area contributed by atoms with Crippen LogP contribution in [0.5, 0.6) is 5.75 Å². The average Bonchev–Trinajstić information content (AvgIpc) is 2.42. The minimum Gasteiger partial charge on any atom is -0.408 e. The highest BCUT2D eigenvalue weighted by Crippen LogP contribution is 2.18. The quantitative estimate of drug-likeness (QED) is 0.753. The number of hydrogen-bond donors (Lipinski definition) is 0. The third-order valence-corrected chi connectivity index (χ3v) is 3.02. The summed E-state index contributed by atoms with van der Waals surface area (Å²) in [5, 5.41) is 0. The summed E-state index contributed by atoms with van der Waals surface area (Å²) < 4.78 is 5.29. The number of likely N-dealkylation sites (tertiary alicyclic amines) is 1. The lowest BCUT2D eigenvalue weighted by Gasteiger charge is -2.25. The molecule has 1 aliphatic heterocycles. The predicted octanol–water partition coefficient (Wildman–Crippen LogP) is 2.19. The monoisotopic (exact) mass is 248 g/mol. The average molecular weight is 248 g/mol. The summed E-state index contributed by atoms with van der Waals surface area (Å²) in [5.41, 5.74) is 1.07. The molecule has 0 atom stereocenters. The van der Waals surface area contributed by atoms with Crippen molar-refractivity contribution in [1.29, 1.82) is 0 Å². The van der Waals surface area contributed by atoms with Crippen LogP contribution in [0, 0.1) is 6.92 Å². The summed E-state index contributed by atoms with van der Waals surface area (Å²) in [6.45, 7) is 3.28. The molecule has 96 valence electrons. The van der Waals surface area contributed by atoms with Gasteiger partial charge in [0.05, 0.1) is 6.20 Å². The molecule has 0 bridgehead atoms. The lowest BCUT2D eigenvalue weighted by molar-refractivity contribution is 0.111. The first kappa shape index (κ1) is 12.5. The highest BCUT2D eigenvalue weighted by atomic mass is 16.6. The van der Waals surface area contributed by atoms with Gasteiger partial charge < -0.3 is 9.64 Å². The van der Waals surface area contributed by atoms with E-state index in [1.807, 2.05) is 0 Å². The number of hydrogen-bond acceptors (Lipinski definition) is 4. The van der Waals surface area contributed by atoms with Crippen molar-refractivity contribution >= 4 is 12.4 Å². The number of pyridine rings is 1. The van der Waals surface area contributed by atoms with Crippen molar-refractivity contribution in [2.24, 2.45) is 0 Å². The molecule has 0 N–H and O–H groups in total. The lowest BCUT2D eigenvalue weighted by Crippen LogP contribution is -2.37. The van der Waals surface area contributed by atoms with E-state index in [0.717, 1.165) is 31.5 Å². The molecule has 2 heterocycles. The number of carbonyl (C=O) groups is 2. The number of piperidine rings is 1. The maximum Gasteiger partial charge on any atom is 0.415 e. The van der Waals surface area contributed by atoms with Crippen LogP contribution in [-0.4, -0.2) is 35.4 Å². The normalized spacial score (nSPS) is 15.3. The summed E-state index contributed by atoms with van der Waals surface area (Å²) in [5.74, 6) is 0.413. The summed E-state index contributed by atoms with van der Waals surface area (Å²) in [4.78, 5) is 28.0. The van der Waals surface area contributed by atoms with Crippen LogP contribution in [-0.2, 0) is 0 Å². The maximum atomic E-state index is 11.9. The molecule has 5 nitrogen and oxygen atoms in total. The van der Waals surface area contributed by atoms with Crippen LogP contribution in [0.2, 0.25) is 0 Å². The van der Waals surface area contributed by atoms with Crippen molar-refractivity contribution in [1.82, 2.24) is 9.88 Å². The Labute approximate surface area is 106 Å². The van der Waals surface area contributed by atoms with Gasteiger partial charge in [0.1, 0.15) is 5.69 Å². The molecule has 0 spiro atoms. The molecule has 1 fully saturated rings. The van der Waals surface area contributed by atoms with Gasteiger partial charge >= 0.3 is 6.09 Å². The fourth-order valence-electron chi connectivity index (χ4n) is 1.97. The van der Waals surface area contributed by atoms with Gasteiger partial charge in [0.25, 0.3) is 0 Å². The Hall–Kier alpha value is -1.91. The van der Waals surface area contributed by atoms with Gasteiger partial charge in [-0.1, -0.05) is 0 Å². The van der Waals surface area contributed by atoms with Crippen LogP contribution < -0.4 is 4.74 Å². The molecule has 18 heavy (non-hydrogen) atoms. The van der Waals surface area contributed by atoms with Gasteiger partial charge in [0, 0.05) is 13.1 Å². The number of rotatable bonds is 2. The van der Waals surface area contributed by atoms with E-state index in [-0.39, 0.29) is 6.09 Å². The third-order valence-electron chi connectivity index (χ3n) is 3.02. The Morgan fingerprint density at radius 1 is 1.39 bits per heavy atom. The molecule has 1 amide bonds. The molecule has 0 radical (unpaired) electrons. The smallest absolute Gasteiger partial charge is 0.408 e. The van der Waals surface area contributed by atoms with Gasteiger partial charge in [-0.05, 0) is 37.8 Å². The Bertz CT molecular complexity index is 454. The molecular formula is C13H16N2O3. The molecule has 0 unspecified atom stereocenters. The van der Waals surface area contributed by atoms with E-state index in [2.05, 4.69) is 4.98 Å². The van der Waals surface area contributed by atoms with E-state index in [9.17, 15) is 9.59 Å². The van der Waals surface area contributed by atoms with Gasteiger partial charge in [0.15, 0.2) is 12.0 Å². The van der Waals surface area contributed by atoms with E-state index < -0.39 is 0 Å². The largest absolute Gasteiger partial charge is 0.415 e. The first-order chi connectivity index (χ1) is 8.70. The van der Waals surface area contributed by atoms with E-state index in [4.69, 9.17) is 4.74 Å². The van der Waals surface area contributed by atoms with Crippen LogP contribution in [0.15, 0.2) is 12.3 Å². The van der Waals surface area contributed by atoms with Crippen molar-refractivity contribution < 1.29 is 14.3 Å². The van der Waals surface area contributed by atoms with Crippen LogP contribution in [0.3, 0.4) is 0 Å². The van der Waals surface area contributed by atoms with Gasteiger partial charge in [-0.3, -0.25) is 4.79 Å². The first-order valence-corrected chi connectivity index (χ1v) is 6.09. The van der Waals surface area contributed by atoms with Crippen LogP contribution in [0.25, 0.3) is 0 Å². The van der Waals surface area contributed by atoms with E-state index in [1.54, 1.807) is 17.9 Å². The minimum absolute atomic E-state index is 0.335. The van der Waals surface area contributed by atoms with Crippen molar-refractivity contribution in [3.05, 3.63) is 23.5 Å². The maximum absolute atomic E-state index is 11.9. The fourth-order valence-corrected chi connectivity index (χ4v) is 1.97. The Kier molecular flexibility index (Phi) is 3.92. The molecule has 0 saturated carbocycles. The second-order valence-corrected chi connectivity index (χ2v) is 4.41.